The first kappa shape index (κ1) is 13.7. The summed E-state index contributed by atoms with van der Waals surface area (Å²) in [6.45, 7) is 2.95. The second kappa shape index (κ2) is 6.42. The molecule has 1 aromatic heterocycles. The van der Waals surface area contributed by atoms with Gasteiger partial charge in [-0.05, 0) is 26.1 Å². The molecular formula is C12H20N2O3. The molecule has 0 fully saturated rings. The minimum absolute atomic E-state index is 0.00421. The van der Waals surface area contributed by atoms with Crippen molar-refractivity contribution in [1.29, 1.82) is 0 Å². The number of hydrogen-bond donors (Lipinski definition) is 1. The van der Waals surface area contributed by atoms with Crippen LogP contribution in [0.5, 0.6) is 0 Å². The summed E-state index contributed by atoms with van der Waals surface area (Å²) in [5, 5.41) is 9.20. The lowest BCUT2D eigenvalue weighted by molar-refractivity contribution is -0.131. The summed E-state index contributed by atoms with van der Waals surface area (Å²) in [5.41, 5.74) is 0. The second-order valence-corrected chi connectivity index (χ2v) is 4.37. The van der Waals surface area contributed by atoms with Gasteiger partial charge in [0.15, 0.2) is 0 Å². The quantitative estimate of drug-likeness (QED) is 0.789. The second-order valence-electron chi connectivity index (χ2n) is 4.37. The minimum atomic E-state index is -0.428. The highest BCUT2D eigenvalue weighted by molar-refractivity contribution is 5.77. The van der Waals surface area contributed by atoms with Crippen LogP contribution in [0.4, 0.5) is 0 Å². The molecule has 1 rings (SSSR count). The SMILES string of the molecule is CC(O)CN(C)CC(=O)N(C)Cc1ccco1. The molecule has 0 radical (unpaired) electrons. The first-order valence-electron chi connectivity index (χ1n) is 5.62. The Balaban J connectivity index is 2.36. The van der Waals surface area contributed by atoms with Crippen LogP contribution in [0, 0.1) is 0 Å². The molecule has 0 aromatic carbocycles. The van der Waals surface area contributed by atoms with E-state index >= 15 is 0 Å². The third-order valence-corrected chi connectivity index (χ3v) is 2.38. The molecule has 0 saturated carbocycles. The highest BCUT2D eigenvalue weighted by atomic mass is 16.3. The fraction of sp³-hybridized carbons (Fsp3) is 0.583. The summed E-state index contributed by atoms with van der Waals surface area (Å²) in [4.78, 5) is 15.2. The molecule has 1 aromatic rings. The Morgan fingerprint density at radius 1 is 1.53 bits per heavy atom. The van der Waals surface area contributed by atoms with Crippen LogP contribution in [-0.4, -0.2) is 54.1 Å². The highest BCUT2D eigenvalue weighted by Gasteiger charge is 2.13. The molecule has 1 N–H and O–H groups in total. The van der Waals surface area contributed by atoms with Gasteiger partial charge in [0, 0.05) is 13.6 Å². The predicted molar refractivity (Wildman–Crippen MR) is 64.4 cm³/mol. The summed E-state index contributed by atoms with van der Waals surface area (Å²) in [7, 11) is 3.55. The maximum atomic E-state index is 11.8. The van der Waals surface area contributed by atoms with E-state index in [-0.39, 0.29) is 5.91 Å². The van der Waals surface area contributed by atoms with Crippen LogP contribution >= 0.6 is 0 Å². The van der Waals surface area contributed by atoms with E-state index in [1.807, 2.05) is 13.1 Å². The van der Waals surface area contributed by atoms with E-state index < -0.39 is 6.10 Å². The molecule has 0 aliphatic rings. The maximum absolute atomic E-state index is 11.8. The van der Waals surface area contributed by atoms with Gasteiger partial charge in [0.2, 0.25) is 5.91 Å². The maximum Gasteiger partial charge on any atom is 0.236 e. The number of aliphatic hydroxyl groups is 1. The van der Waals surface area contributed by atoms with Gasteiger partial charge in [0.25, 0.3) is 0 Å². The monoisotopic (exact) mass is 240 g/mol. The van der Waals surface area contributed by atoms with Gasteiger partial charge in [-0.25, -0.2) is 0 Å². The van der Waals surface area contributed by atoms with Gasteiger partial charge in [-0.15, -0.1) is 0 Å². The van der Waals surface area contributed by atoms with Crippen LogP contribution < -0.4 is 0 Å². The molecule has 1 atom stereocenters. The van der Waals surface area contributed by atoms with Gasteiger partial charge in [-0.1, -0.05) is 0 Å². The first-order valence-corrected chi connectivity index (χ1v) is 5.62. The van der Waals surface area contributed by atoms with Gasteiger partial charge in [-0.3, -0.25) is 9.69 Å². The first-order chi connectivity index (χ1) is 7.99. The number of amides is 1. The van der Waals surface area contributed by atoms with Gasteiger partial charge in [0.1, 0.15) is 5.76 Å². The molecular weight excluding hydrogens is 220 g/mol. The Labute approximate surface area is 102 Å². The summed E-state index contributed by atoms with van der Waals surface area (Å²) < 4.78 is 5.18. The van der Waals surface area contributed by atoms with Crippen molar-refractivity contribution in [2.75, 3.05) is 27.2 Å². The van der Waals surface area contributed by atoms with Crippen molar-refractivity contribution < 1.29 is 14.3 Å². The third-order valence-electron chi connectivity index (χ3n) is 2.38. The lowest BCUT2D eigenvalue weighted by atomic mass is 10.3. The Bertz CT molecular complexity index is 336. The number of carbonyl (C=O) groups is 1. The number of likely N-dealkylation sites (N-methyl/N-ethyl adjacent to an activating group) is 2. The fourth-order valence-electron chi connectivity index (χ4n) is 1.59. The molecule has 0 saturated heterocycles. The zero-order valence-corrected chi connectivity index (χ0v) is 10.6. The third kappa shape index (κ3) is 5.01. The molecule has 0 aliphatic carbocycles. The smallest absolute Gasteiger partial charge is 0.236 e. The topological polar surface area (TPSA) is 56.9 Å². The molecule has 1 amide bonds. The molecule has 1 heterocycles. The number of nitrogens with zero attached hydrogens (tertiary/aromatic N) is 2. The summed E-state index contributed by atoms with van der Waals surface area (Å²) in [6, 6.07) is 3.64. The normalized spacial score (nSPS) is 12.8. The van der Waals surface area contributed by atoms with Crippen LogP contribution in [-0.2, 0) is 11.3 Å². The predicted octanol–water partition coefficient (Wildman–Crippen LogP) is 0.551. The molecule has 5 heteroatoms. The number of hydrogen-bond acceptors (Lipinski definition) is 4. The van der Waals surface area contributed by atoms with Crippen LogP contribution in [0.3, 0.4) is 0 Å². The van der Waals surface area contributed by atoms with Crippen molar-refractivity contribution in [1.82, 2.24) is 9.80 Å². The summed E-state index contributed by atoms with van der Waals surface area (Å²) >= 11 is 0. The highest BCUT2D eigenvalue weighted by Crippen LogP contribution is 2.04. The average molecular weight is 240 g/mol. The largest absolute Gasteiger partial charge is 0.467 e. The average Bonchev–Trinajstić information content (AvgIpc) is 2.68. The Morgan fingerprint density at radius 2 is 2.24 bits per heavy atom. The molecule has 96 valence electrons. The molecule has 0 aliphatic heterocycles. The number of carbonyl (C=O) groups excluding carboxylic acids is 1. The van der Waals surface area contributed by atoms with Crippen LogP contribution in [0.2, 0.25) is 0 Å². The van der Waals surface area contributed by atoms with E-state index in [1.165, 1.54) is 0 Å². The van der Waals surface area contributed by atoms with Crippen molar-refractivity contribution in [3.63, 3.8) is 0 Å². The van der Waals surface area contributed by atoms with E-state index in [9.17, 15) is 9.90 Å². The molecule has 5 nitrogen and oxygen atoms in total. The molecule has 0 bridgehead atoms. The molecule has 0 spiro atoms. The van der Waals surface area contributed by atoms with Crippen molar-refractivity contribution >= 4 is 5.91 Å². The van der Waals surface area contributed by atoms with E-state index in [0.29, 0.717) is 19.6 Å². The van der Waals surface area contributed by atoms with Gasteiger partial charge >= 0.3 is 0 Å². The Hall–Kier alpha value is -1.33. The van der Waals surface area contributed by atoms with Gasteiger partial charge in [-0.2, -0.15) is 0 Å². The van der Waals surface area contributed by atoms with Crippen molar-refractivity contribution in [2.24, 2.45) is 0 Å². The number of furan rings is 1. The van der Waals surface area contributed by atoms with E-state index in [1.54, 1.807) is 36.1 Å². The standard InChI is InChI=1S/C12H20N2O3/c1-10(15)7-13(2)9-12(16)14(3)8-11-5-4-6-17-11/h4-6,10,15H,7-9H2,1-3H3. The summed E-state index contributed by atoms with van der Waals surface area (Å²) in [5.74, 6) is 0.767. The Kier molecular flexibility index (Phi) is 5.18. The van der Waals surface area contributed by atoms with Crippen molar-refractivity contribution in [2.45, 2.75) is 19.6 Å². The lowest BCUT2D eigenvalue weighted by Gasteiger charge is -2.22. The van der Waals surface area contributed by atoms with Crippen LogP contribution in [0.25, 0.3) is 0 Å². The molecule has 1 unspecified atom stereocenters. The van der Waals surface area contributed by atoms with Crippen molar-refractivity contribution in [3.05, 3.63) is 24.2 Å². The van der Waals surface area contributed by atoms with Gasteiger partial charge < -0.3 is 14.4 Å². The van der Waals surface area contributed by atoms with Gasteiger partial charge in [0.05, 0.1) is 25.5 Å². The Morgan fingerprint density at radius 3 is 2.76 bits per heavy atom. The zero-order valence-electron chi connectivity index (χ0n) is 10.6. The number of rotatable bonds is 6. The van der Waals surface area contributed by atoms with Crippen molar-refractivity contribution in [3.8, 4) is 0 Å². The summed E-state index contributed by atoms with van der Waals surface area (Å²) in [6.07, 6.45) is 1.16. The van der Waals surface area contributed by atoms with Crippen LogP contribution in [0.15, 0.2) is 22.8 Å². The molecule has 17 heavy (non-hydrogen) atoms. The number of aliphatic hydroxyl groups excluding tert-OH is 1. The minimum Gasteiger partial charge on any atom is -0.467 e. The van der Waals surface area contributed by atoms with E-state index in [4.69, 9.17) is 4.42 Å². The van der Waals surface area contributed by atoms with Crippen LogP contribution in [0.1, 0.15) is 12.7 Å². The fourth-order valence-corrected chi connectivity index (χ4v) is 1.59. The van der Waals surface area contributed by atoms with E-state index in [0.717, 1.165) is 5.76 Å². The van der Waals surface area contributed by atoms with E-state index in [2.05, 4.69) is 0 Å². The lowest BCUT2D eigenvalue weighted by Crippen LogP contribution is -2.38. The zero-order chi connectivity index (χ0) is 12.8.